The Morgan fingerprint density at radius 3 is 2.63 bits per heavy atom. The number of fused-ring (bicyclic) bond motifs is 1. The molecule has 1 aliphatic carbocycles. The molecule has 3 amide bonds. The number of carbonyl (C=O) groups is 3. The topological polar surface area (TPSA) is 120 Å². The van der Waals surface area contributed by atoms with Crippen LogP contribution in [-0.2, 0) is 16.1 Å². The number of halogens is 3. The van der Waals surface area contributed by atoms with Gasteiger partial charge in [-0.15, -0.1) is 0 Å². The molecule has 4 unspecified atom stereocenters. The third kappa shape index (κ3) is 5.19. The van der Waals surface area contributed by atoms with Crippen molar-refractivity contribution in [2.75, 3.05) is 20.1 Å². The van der Waals surface area contributed by atoms with Crippen LogP contribution in [0.2, 0.25) is 0 Å². The summed E-state index contributed by atoms with van der Waals surface area (Å²) in [5.74, 6) is -3.17. The summed E-state index contributed by atoms with van der Waals surface area (Å²) < 4.78 is 37.6. The average molecular weight is 494 g/mol. The molecule has 8 nitrogen and oxygen atoms in total. The minimum Gasteiger partial charge on any atom is -0.369 e. The van der Waals surface area contributed by atoms with E-state index in [4.69, 9.17) is 11.1 Å². The number of hydrogen-bond donors (Lipinski definition) is 3. The summed E-state index contributed by atoms with van der Waals surface area (Å²) in [6, 6.07) is 4.42. The largest absolute Gasteiger partial charge is 0.471 e. The predicted molar refractivity (Wildman–Crippen MR) is 121 cm³/mol. The molecule has 1 saturated carbocycles. The molecule has 35 heavy (non-hydrogen) atoms. The molecule has 2 heterocycles. The first-order chi connectivity index (χ1) is 16.5. The van der Waals surface area contributed by atoms with Crippen molar-refractivity contribution >= 4 is 23.6 Å². The number of amides is 3. The van der Waals surface area contributed by atoms with Crippen molar-refractivity contribution in [2.24, 2.45) is 23.5 Å². The maximum atomic E-state index is 13.3. The molecule has 2 aliphatic heterocycles. The van der Waals surface area contributed by atoms with E-state index < -0.39 is 17.9 Å². The van der Waals surface area contributed by atoms with Crippen LogP contribution in [0, 0.1) is 23.2 Å². The fourth-order valence-corrected chi connectivity index (χ4v) is 5.89. The summed E-state index contributed by atoms with van der Waals surface area (Å²) in [4.78, 5) is 40.5. The van der Waals surface area contributed by atoms with Crippen LogP contribution in [0.3, 0.4) is 0 Å². The molecule has 3 aliphatic rings. The van der Waals surface area contributed by atoms with Crippen molar-refractivity contribution in [1.82, 2.24) is 15.1 Å². The molecule has 0 radical (unpaired) electrons. The van der Waals surface area contributed by atoms with E-state index in [9.17, 15) is 27.6 Å². The first-order valence-corrected chi connectivity index (χ1v) is 11.8. The van der Waals surface area contributed by atoms with Crippen LogP contribution >= 0.6 is 0 Å². The number of hydrogen-bond acceptors (Lipinski definition) is 5. The molecular formula is C24H30F3N5O3. The van der Waals surface area contributed by atoms with Gasteiger partial charge in [-0.3, -0.25) is 19.8 Å². The lowest BCUT2D eigenvalue weighted by molar-refractivity contribution is -0.171. The third-order valence-electron chi connectivity index (χ3n) is 7.69. The van der Waals surface area contributed by atoms with E-state index in [1.165, 1.54) is 17.4 Å². The Bertz CT molecular complexity index is 1040. The Morgan fingerprint density at radius 2 is 1.94 bits per heavy atom. The van der Waals surface area contributed by atoms with E-state index in [-0.39, 0.29) is 41.2 Å². The van der Waals surface area contributed by atoms with Gasteiger partial charge in [-0.1, -0.05) is 18.6 Å². The van der Waals surface area contributed by atoms with Gasteiger partial charge in [0, 0.05) is 36.2 Å². The molecular weight excluding hydrogens is 463 g/mol. The van der Waals surface area contributed by atoms with E-state index >= 15 is 0 Å². The lowest BCUT2D eigenvalue weighted by Gasteiger charge is -2.44. The highest BCUT2D eigenvalue weighted by molar-refractivity contribution is 6.09. The Morgan fingerprint density at radius 1 is 1.20 bits per heavy atom. The zero-order valence-electron chi connectivity index (χ0n) is 19.5. The van der Waals surface area contributed by atoms with Gasteiger partial charge in [-0.05, 0) is 62.7 Å². The van der Waals surface area contributed by atoms with E-state index in [2.05, 4.69) is 4.90 Å². The highest BCUT2D eigenvalue weighted by atomic mass is 19.4. The number of benzene rings is 1. The quantitative estimate of drug-likeness (QED) is 0.440. The Balaban J connectivity index is 1.47. The number of nitrogens with zero attached hydrogens (tertiary/aromatic N) is 2. The predicted octanol–water partition coefficient (Wildman–Crippen LogP) is 2.26. The maximum Gasteiger partial charge on any atom is 0.471 e. The molecule has 190 valence electrons. The lowest BCUT2D eigenvalue weighted by Crippen LogP contribution is -2.49. The van der Waals surface area contributed by atoms with Crippen LogP contribution in [0.4, 0.5) is 13.2 Å². The number of carbonyl (C=O) groups excluding carboxylic acids is 3. The van der Waals surface area contributed by atoms with Crippen molar-refractivity contribution < 1.29 is 27.6 Å². The summed E-state index contributed by atoms with van der Waals surface area (Å²) in [7, 11) is 2.04. The zero-order valence-corrected chi connectivity index (χ0v) is 19.5. The second-order valence-electron chi connectivity index (χ2n) is 9.94. The maximum absolute atomic E-state index is 13.3. The first kappa shape index (κ1) is 25.2. The SMILES string of the molecule is CN1CCC(C(N)=O)C(C2CCCC(N3Cc4ccc(C(=N)NC(=O)C(F)(F)F)cc4C3=O)C2)C1. The van der Waals surface area contributed by atoms with E-state index in [0.717, 1.165) is 50.8 Å². The number of amidine groups is 1. The minimum atomic E-state index is -5.10. The molecule has 4 N–H and O–H groups in total. The average Bonchev–Trinajstić information content (AvgIpc) is 3.14. The highest BCUT2D eigenvalue weighted by Crippen LogP contribution is 2.41. The molecule has 4 rings (SSSR count). The monoisotopic (exact) mass is 493 g/mol. The van der Waals surface area contributed by atoms with Crippen LogP contribution in [-0.4, -0.2) is 65.7 Å². The molecule has 2 fully saturated rings. The van der Waals surface area contributed by atoms with Gasteiger partial charge in [-0.25, -0.2) is 0 Å². The molecule has 0 aromatic heterocycles. The van der Waals surface area contributed by atoms with Gasteiger partial charge < -0.3 is 20.9 Å². The van der Waals surface area contributed by atoms with Gasteiger partial charge in [0.15, 0.2) is 0 Å². The fourth-order valence-electron chi connectivity index (χ4n) is 5.89. The van der Waals surface area contributed by atoms with Gasteiger partial charge in [-0.2, -0.15) is 13.2 Å². The Kier molecular flexibility index (Phi) is 6.90. The van der Waals surface area contributed by atoms with E-state index in [1.807, 2.05) is 7.05 Å². The van der Waals surface area contributed by atoms with Crippen LogP contribution < -0.4 is 11.1 Å². The van der Waals surface area contributed by atoms with Crippen molar-refractivity contribution in [2.45, 2.75) is 50.9 Å². The van der Waals surface area contributed by atoms with Gasteiger partial charge in [0.2, 0.25) is 5.91 Å². The normalized spacial score (nSPS) is 27.4. The van der Waals surface area contributed by atoms with Crippen molar-refractivity contribution in [1.29, 1.82) is 5.41 Å². The van der Waals surface area contributed by atoms with Crippen molar-refractivity contribution in [3.8, 4) is 0 Å². The number of rotatable bonds is 4. The molecule has 1 aromatic rings. The lowest BCUT2D eigenvalue weighted by atomic mass is 9.70. The van der Waals surface area contributed by atoms with E-state index in [0.29, 0.717) is 12.1 Å². The number of piperidine rings is 1. The molecule has 0 bridgehead atoms. The number of nitrogens with two attached hydrogens (primary N) is 1. The highest BCUT2D eigenvalue weighted by Gasteiger charge is 2.42. The summed E-state index contributed by atoms with van der Waals surface area (Å²) in [5.41, 5.74) is 6.82. The summed E-state index contributed by atoms with van der Waals surface area (Å²) in [6.45, 7) is 2.02. The number of nitrogens with one attached hydrogen (secondary N) is 2. The van der Waals surface area contributed by atoms with Crippen molar-refractivity contribution in [3.63, 3.8) is 0 Å². The Hall–Kier alpha value is -2.95. The van der Waals surface area contributed by atoms with Gasteiger partial charge in [0.1, 0.15) is 5.84 Å². The second kappa shape index (κ2) is 9.60. The minimum absolute atomic E-state index is 0.0118. The van der Waals surface area contributed by atoms with Crippen molar-refractivity contribution in [3.05, 3.63) is 34.9 Å². The number of alkyl halides is 3. The number of primary amides is 1. The van der Waals surface area contributed by atoms with Crippen LogP contribution in [0.1, 0.15) is 53.6 Å². The summed E-state index contributed by atoms with van der Waals surface area (Å²) in [6.07, 6.45) is -0.843. The fraction of sp³-hybridized carbons (Fsp3) is 0.583. The Labute approximate surface area is 201 Å². The van der Waals surface area contributed by atoms with Gasteiger partial charge in [0.05, 0.1) is 0 Å². The number of likely N-dealkylation sites (tertiary alicyclic amines) is 1. The van der Waals surface area contributed by atoms with Gasteiger partial charge >= 0.3 is 12.1 Å². The standard InChI is InChI=1S/C24H30F3N5O3/c1-31-8-7-17(21(29)33)19(12-31)13-3-2-4-16(9-13)32-11-15-6-5-14(10-18(15)22(32)34)20(28)30-23(35)24(25,26)27/h5-6,10,13,16-17,19H,2-4,7-9,11-12H2,1H3,(H2,29,33)(H2,28,30,35). The van der Waals surface area contributed by atoms with Crippen LogP contribution in [0.25, 0.3) is 0 Å². The molecule has 4 atom stereocenters. The summed E-state index contributed by atoms with van der Waals surface area (Å²) >= 11 is 0. The third-order valence-corrected chi connectivity index (χ3v) is 7.69. The molecule has 0 spiro atoms. The zero-order chi connectivity index (χ0) is 25.5. The second-order valence-corrected chi connectivity index (χ2v) is 9.94. The molecule has 1 saturated heterocycles. The molecule has 1 aromatic carbocycles. The first-order valence-electron chi connectivity index (χ1n) is 11.8. The summed E-state index contributed by atoms with van der Waals surface area (Å²) in [5, 5.41) is 9.35. The van der Waals surface area contributed by atoms with Gasteiger partial charge in [0.25, 0.3) is 5.91 Å². The van der Waals surface area contributed by atoms with E-state index in [1.54, 1.807) is 11.0 Å². The molecule has 11 heteroatoms. The van der Waals surface area contributed by atoms with Crippen LogP contribution in [0.5, 0.6) is 0 Å². The smallest absolute Gasteiger partial charge is 0.369 e. The van der Waals surface area contributed by atoms with Crippen LogP contribution in [0.15, 0.2) is 18.2 Å².